The quantitative estimate of drug-likeness (QED) is 0.658. The summed E-state index contributed by atoms with van der Waals surface area (Å²) in [6.07, 6.45) is 5.48. The molecule has 1 aliphatic heterocycles. The molecule has 0 bridgehead atoms. The Labute approximate surface area is 83.3 Å². The second kappa shape index (κ2) is 6.39. The van der Waals surface area contributed by atoms with Gasteiger partial charge in [0.2, 0.25) is 0 Å². The van der Waals surface area contributed by atoms with Gasteiger partial charge in [0.25, 0.3) is 0 Å². The van der Waals surface area contributed by atoms with Crippen LogP contribution in [-0.4, -0.2) is 38.3 Å². The van der Waals surface area contributed by atoms with Gasteiger partial charge in [0.05, 0.1) is 0 Å². The van der Waals surface area contributed by atoms with Crippen LogP contribution in [0.1, 0.15) is 39.5 Å². The molecule has 1 fully saturated rings. The number of likely N-dealkylation sites (tertiary alicyclic amines) is 1. The van der Waals surface area contributed by atoms with Crippen molar-refractivity contribution in [1.82, 2.24) is 4.90 Å². The summed E-state index contributed by atoms with van der Waals surface area (Å²) in [7, 11) is 5.50. The topological polar surface area (TPSA) is 12.5 Å². The van der Waals surface area contributed by atoms with Crippen molar-refractivity contribution in [3.63, 3.8) is 0 Å². The van der Waals surface area contributed by atoms with Crippen LogP contribution >= 0.6 is 0 Å². The summed E-state index contributed by atoms with van der Waals surface area (Å²) < 4.78 is 4.25. The van der Waals surface area contributed by atoms with Gasteiger partial charge in [-0.3, -0.25) is 0 Å². The highest BCUT2D eigenvalue weighted by Crippen LogP contribution is 2.30. The molecule has 0 aromatic heterocycles. The largest absolute Gasteiger partial charge is 0.388 e. The smallest absolute Gasteiger partial charge is 0.0351 e. The van der Waals surface area contributed by atoms with Crippen LogP contribution in [0.4, 0.5) is 0 Å². The van der Waals surface area contributed by atoms with Gasteiger partial charge in [-0.05, 0) is 39.8 Å². The van der Waals surface area contributed by atoms with Crippen LogP contribution in [0, 0.1) is 0 Å². The van der Waals surface area contributed by atoms with Crippen LogP contribution in [0.5, 0.6) is 0 Å². The predicted molar refractivity (Wildman–Crippen MR) is 58.1 cm³/mol. The molecule has 0 aliphatic carbocycles. The van der Waals surface area contributed by atoms with Crippen LogP contribution in [0.3, 0.4) is 0 Å². The van der Waals surface area contributed by atoms with E-state index in [1.165, 1.54) is 32.2 Å². The number of rotatable bonds is 2. The lowest BCUT2D eigenvalue weighted by Crippen LogP contribution is -2.37. The molecule has 0 saturated carbocycles. The second-order valence-corrected chi connectivity index (χ2v) is 4.18. The summed E-state index contributed by atoms with van der Waals surface area (Å²) in [5, 5.41) is 0. The van der Waals surface area contributed by atoms with Crippen LogP contribution in [0.2, 0.25) is 0 Å². The van der Waals surface area contributed by atoms with E-state index >= 15 is 0 Å². The van der Waals surface area contributed by atoms with E-state index in [1.807, 2.05) is 0 Å². The third-order valence-electron chi connectivity index (χ3n) is 2.92. The highest BCUT2D eigenvalue weighted by Gasteiger charge is 2.32. The lowest BCUT2D eigenvalue weighted by Gasteiger charge is -2.31. The Kier molecular flexibility index (Phi) is 6.35. The van der Waals surface area contributed by atoms with Gasteiger partial charge in [-0.25, -0.2) is 0 Å². The van der Waals surface area contributed by atoms with Gasteiger partial charge in [0.15, 0.2) is 0 Å². The van der Waals surface area contributed by atoms with Gasteiger partial charge < -0.3 is 9.64 Å². The zero-order valence-corrected chi connectivity index (χ0v) is 9.89. The summed E-state index contributed by atoms with van der Waals surface area (Å²) in [4.78, 5) is 2.51. The first-order valence-electron chi connectivity index (χ1n) is 5.22. The summed E-state index contributed by atoms with van der Waals surface area (Å²) in [6, 6.07) is 0. The SMILES string of the molecule is CCCC1(C)CCCN1C.COC. The fraction of sp³-hybridized carbons (Fsp3) is 1.00. The maximum Gasteiger partial charge on any atom is 0.0351 e. The Hall–Kier alpha value is -0.0800. The maximum atomic E-state index is 4.25. The molecule has 1 rings (SSSR count). The third kappa shape index (κ3) is 4.10. The molecule has 1 heterocycles. The molecule has 0 amide bonds. The molecule has 13 heavy (non-hydrogen) atoms. The third-order valence-corrected chi connectivity index (χ3v) is 2.92. The summed E-state index contributed by atoms with van der Waals surface area (Å²) in [5.41, 5.74) is 0.536. The van der Waals surface area contributed by atoms with Crippen molar-refractivity contribution in [3.8, 4) is 0 Å². The number of hydrogen-bond donors (Lipinski definition) is 0. The Morgan fingerprint density at radius 1 is 1.38 bits per heavy atom. The Morgan fingerprint density at radius 2 is 1.92 bits per heavy atom. The van der Waals surface area contributed by atoms with E-state index in [4.69, 9.17) is 0 Å². The van der Waals surface area contributed by atoms with E-state index in [1.54, 1.807) is 14.2 Å². The summed E-state index contributed by atoms with van der Waals surface area (Å²) in [6.45, 7) is 5.97. The average molecular weight is 187 g/mol. The van der Waals surface area contributed by atoms with Crippen molar-refractivity contribution in [1.29, 1.82) is 0 Å². The van der Waals surface area contributed by atoms with Gasteiger partial charge in [-0.2, -0.15) is 0 Å². The van der Waals surface area contributed by atoms with E-state index in [-0.39, 0.29) is 0 Å². The molecule has 0 spiro atoms. The van der Waals surface area contributed by atoms with Gasteiger partial charge in [0.1, 0.15) is 0 Å². The van der Waals surface area contributed by atoms with E-state index in [0.29, 0.717) is 5.54 Å². The first kappa shape index (κ1) is 12.9. The van der Waals surface area contributed by atoms with Crippen molar-refractivity contribution in [2.75, 3.05) is 27.8 Å². The standard InChI is InChI=1S/C9H19N.C2H6O/c1-4-6-9(2)7-5-8-10(9)3;1-3-2/h4-8H2,1-3H3;1-2H3. The molecule has 2 heteroatoms. The Morgan fingerprint density at radius 3 is 2.23 bits per heavy atom. The summed E-state index contributed by atoms with van der Waals surface area (Å²) >= 11 is 0. The molecule has 0 N–H and O–H groups in total. The van der Waals surface area contributed by atoms with Crippen molar-refractivity contribution >= 4 is 0 Å². The Bertz CT molecular complexity index is 127. The van der Waals surface area contributed by atoms with Gasteiger partial charge in [0, 0.05) is 19.8 Å². The van der Waals surface area contributed by atoms with Crippen LogP contribution in [0.25, 0.3) is 0 Å². The van der Waals surface area contributed by atoms with Crippen molar-refractivity contribution in [3.05, 3.63) is 0 Å². The molecule has 1 atom stereocenters. The fourth-order valence-corrected chi connectivity index (χ4v) is 2.01. The molecule has 0 radical (unpaired) electrons. The molecule has 0 aromatic rings. The molecule has 1 unspecified atom stereocenters. The van der Waals surface area contributed by atoms with Crippen molar-refractivity contribution in [2.24, 2.45) is 0 Å². The minimum atomic E-state index is 0.536. The summed E-state index contributed by atoms with van der Waals surface area (Å²) in [5.74, 6) is 0. The van der Waals surface area contributed by atoms with E-state index in [2.05, 4.69) is 30.5 Å². The van der Waals surface area contributed by atoms with Crippen LogP contribution in [-0.2, 0) is 4.74 Å². The lowest BCUT2D eigenvalue weighted by molar-refractivity contribution is 0.181. The van der Waals surface area contributed by atoms with Crippen LogP contribution in [0.15, 0.2) is 0 Å². The van der Waals surface area contributed by atoms with Gasteiger partial charge >= 0.3 is 0 Å². The first-order valence-corrected chi connectivity index (χ1v) is 5.22. The lowest BCUT2D eigenvalue weighted by atomic mass is 9.94. The molecular formula is C11H25NO. The highest BCUT2D eigenvalue weighted by atomic mass is 16.4. The number of methoxy groups -OCH3 is 1. The van der Waals surface area contributed by atoms with Gasteiger partial charge in [-0.1, -0.05) is 13.3 Å². The van der Waals surface area contributed by atoms with E-state index < -0.39 is 0 Å². The maximum absolute atomic E-state index is 4.25. The monoisotopic (exact) mass is 187 g/mol. The van der Waals surface area contributed by atoms with Crippen LogP contribution < -0.4 is 0 Å². The fourth-order valence-electron chi connectivity index (χ4n) is 2.01. The predicted octanol–water partition coefficient (Wildman–Crippen LogP) is 2.53. The minimum absolute atomic E-state index is 0.536. The molecule has 1 saturated heterocycles. The zero-order chi connectivity index (χ0) is 10.3. The number of nitrogens with zero attached hydrogens (tertiary/aromatic N) is 1. The van der Waals surface area contributed by atoms with E-state index in [0.717, 1.165) is 0 Å². The normalized spacial score (nSPS) is 28.4. The molecule has 0 aromatic carbocycles. The van der Waals surface area contributed by atoms with Crippen molar-refractivity contribution < 1.29 is 4.74 Å². The number of ether oxygens (including phenoxy) is 1. The highest BCUT2D eigenvalue weighted by molar-refractivity contribution is 4.89. The molecule has 1 aliphatic rings. The molecule has 80 valence electrons. The number of hydrogen-bond acceptors (Lipinski definition) is 2. The average Bonchev–Trinajstić information content (AvgIpc) is 2.34. The van der Waals surface area contributed by atoms with E-state index in [9.17, 15) is 0 Å². The molecular weight excluding hydrogens is 162 g/mol. The first-order chi connectivity index (χ1) is 6.10. The van der Waals surface area contributed by atoms with Gasteiger partial charge in [-0.15, -0.1) is 0 Å². The second-order valence-electron chi connectivity index (χ2n) is 4.18. The minimum Gasteiger partial charge on any atom is -0.388 e. The van der Waals surface area contributed by atoms with Crippen molar-refractivity contribution in [2.45, 2.75) is 45.1 Å². The molecule has 2 nitrogen and oxygen atoms in total. The zero-order valence-electron chi connectivity index (χ0n) is 9.89. The Balaban J connectivity index is 0.000000424.